The first-order valence-corrected chi connectivity index (χ1v) is 8.50. The lowest BCUT2D eigenvalue weighted by molar-refractivity contribution is 0.403. The summed E-state index contributed by atoms with van der Waals surface area (Å²) in [5.74, 6) is 0.986. The maximum atomic E-state index is 5.45. The normalized spacial score (nSPS) is 12.4. The van der Waals surface area contributed by atoms with E-state index in [-0.39, 0.29) is 0 Å². The Morgan fingerprint density at radius 2 is 1.95 bits per heavy atom. The highest BCUT2D eigenvalue weighted by Gasteiger charge is 2.11. The molecule has 0 fully saturated rings. The third-order valence-electron chi connectivity index (χ3n) is 3.77. The Morgan fingerprint density at radius 1 is 1.20 bits per heavy atom. The largest absolute Gasteiger partial charge is 0.496 e. The van der Waals surface area contributed by atoms with Gasteiger partial charge in [-0.15, -0.1) is 0 Å². The molecule has 0 heterocycles. The van der Waals surface area contributed by atoms with Crippen LogP contribution in [0.25, 0.3) is 0 Å². The first-order chi connectivity index (χ1) is 9.71. The monoisotopic (exact) mass is 341 g/mol. The van der Waals surface area contributed by atoms with Crippen LogP contribution in [-0.4, -0.2) is 20.2 Å². The average Bonchev–Trinajstić information content (AvgIpc) is 2.46. The van der Waals surface area contributed by atoms with Gasteiger partial charge in [-0.2, -0.15) is 0 Å². The fourth-order valence-electron chi connectivity index (χ4n) is 2.51. The summed E-state index contributed by atoms with van der Waals surface area (Å²) in [5, 5.41) is 3.44. The zero-order valence-corrected chi connectivity index (χ0v) is 14.6. The molecule has 0 aliphatic rings. The van der Waals surface area contributed by atoms with Gasteiger partial charge < -0.3 is 10.1 Å². The van der Waals surface area contributed by atoms with Crippen LogP contribution in [0.3, 0.4) is 0 Å². The van der Waals surface area contributed by atoms with Crippen LogP contribution >= 0.6 is 15.9 Å². The molecule has 2 nitrogen and oxygen atoms in total. The van der Waals surface area contributed by atoms with Crippen molar-refractivity contribution >= 4 is 15.9 Å². The minimum Gasteiger partial charge on any atom is -0.496 e. The highest BCUT2D eigenvalue weighted by atomic mass is 79.9. The summed E-state index contributed by atoms with van der Waals surface area (Å²) in [7, 11) is 3.80. The second-order valence-corrected chi connectivity index (χ2v) is 6.26. The summed E-state index contributed by atoms with van der Waals surface area (Å²) in [6.45, 7) is 2.26. The van der Waals surface area contributed by atoms with Crippen molar-refractivity contribution in [1.82, 2.24) is 5.32 Å². The van der Waals surface area contributed by atoms with Crippen LogP contribution in [0.2, 0.25) is 0 Å². The summed E-state index contributed by atoms with van der Waals surface area (Å²) in [6.07, 6.45) is 8.95. The van der Waals surface area contributed by atoms with Crippen molar-refractivity contribution in [2.75, 3.05) is 14.2 Å². The van der Waals surface area contributed by atoms with Crippen molar-refractivity contribution in [2.45, 2.75) is 57.9 Å². The molecule has 3 heteroatoms. The van der Waals surface area contributed by atoms with E-state index >= 15 is 0 Å². The Kier molecular flexibility index (Phi) is 8.95. The molecule has 20 heavy (non-hydrogen) atoms. The molecule has 0 radical (unpaired) electrons. The lowest BCUT2D eigenvalue weighted by Gasteiger charge is -2.18. The van der Waals surface area contributed by atoms with Crippen molar-refractivity contribution < 1.29 is 4.74 Å². The molecular formula is C17H28BrNO. The van der Waals surface area contributed by atoms with E-state index in [1.54, 1.807) is 7.11 Å². The molecule has 1 rings (SSSR count). The molecule has 0 bridgehead atoms. The molecule has 1 aromatic carbocycles. The van der Waals surface area contributed by atoms with Crippen molar-refractivity contribution in [3.05, 3.63) is 28.2 Å². The summed E-state index contributed by atoms with van der Waals surface area (Å²) >= 11 is 3.54. The second kappa shape index (κ2) is 10.2. The Morgan fingerprint density at radius 3 is 2.60 bits per heavy atom. The predicted molar refractivity (Wildman–Crippen MR) is 90.6 cm³/mol. The number of hydrogen-bond acceptors (Lipinski definition) is 2. The van der Waals surface area contributed by atoms with Crippen molar-refractivity contribution in [3.63, 3.8) is 0 Å². The van der Waals surface area contributed by atoms with Crippen molar-refractivity contribution in [2.24, 2.45) is 0 Å². The van der Waals surface area contributed by atoms with E-state index < -0.39 is 0 Å². The lowest BCUT2D eigenvalue weighted by Crippen LogP contribution is -2.27. The molecule has 1 aromatic rings. The third kappa shape index (κ3) is 6.27. The fourth-order valence-corrected chi connectivity index (χ4v) is 2.92. The molecule has 1 N–H and O–H groups in total. The second-order valence-electron chi connectivity index (χ2n) is 5.35. The summed E-state index contributed by atoms with van der Waals surface area (Å²) in [6, 6.07) is 6.76. The highest BCUT2D eigenvalue weighted by Crippen LogP contribution is 2.25. The maximum Gasteiger partial charge on any atom is 0.122 e. The molecule has 0 aromatic heterocycles. The molecule has 0 spiro atoms. The summed E-state index contributed by atoms with van der Waals surface area (Å²) in [5.41, 5.74) is 1.27. The van der Waals surface area contributed by atoms with E-state index in [4.69, 9.17) is 4.74 Å². The predicted octanol–water partition coefficient (Wildman–Crippen LogP) is 4.95. The smallest absolute Gasteiger partial charge is 0.122 e. The molecule has 114 valence electrons. The topological polar surface area (TPSA) is 21.3 Å². The van der Waals surface area contributed by atoms with Gasteiger partial charge in [-0.25, -0.2) is 0 Å². The third-order valence-corrected chi connectivity index (χ3v) is 4.27. The van der Waals surface area contributed by atoms with Crippen LogP contribution in [0.15, 0.2) is 22.7 Å². The zero-order valence-electron chi connectivity index (χ0n) is 13.0. The fraction of sp³-hybridized carbons (Fsp3) is 0.647. The Balaban J connectivity index is 2.48. The number of halogens is 1. The number of hydrogen-bond donors (Lipinski definition) is 1. The summed E-state index contributed by atoms with van der Waals surface area (Å²) < 4.78 is 6.57. The van der Waals surface area contributed by atoms with E-state index in [1.165, 1.54) is 44.1 Å². The molecule has 0 aliphatic carbocycles. The van der Waals surface area contributed by atoms with Gasteiger partial charge in [0.25, 0.3) is 0 Å². The van der Waals surface area contributed by atoms with E-state index in [0.29, 0.717) is 6.04 Å². The first-order valence-electron chi connectivity index (χ1n) is 7.71. The maximum absolute atomic E-state index is 5.45. The SMILES string of the molecule is CCCCCCCC(Cc1cc(Br)ccc1OC)NC. The van der Waals surface area contributed by atoms with Crippen LogP contribution in [0.4, 0.5) is 0 Å². The first kappa shape index (κ1) is 17.5. The number of likely N-dealkylation sites (N-methyl/N-ethyl adjacent to an activating group) is 1. The quantitative estimate of drug-likeness (QED) is 0.608. The molecule has 1 atom stereocenters. The molecule has 0 aliphatic heterocycles. The van der Waals surface area contributed by atoms with E-state index in [2.05, 4.69) is 41.3 Å². The number of unbranched alkanes of at least 4 members (excludes halogenated alkanes) is 4. The van der Waals surface area contributed by atoms with E-state index in [1.807, 2.05) is 12.1 Å². The Hall–Kier alpha value is -0.540. The van der Waals surface area contributed by atoms with Crippen LogP contribution in [0.5, 0.6) is 5.75 Å². The summed E-state index contributed by atoms with van der Waals surface area (Å²) in [4.78, 5) is 0. The molecule has 0 saturated carbocycles. The minimum atomic E-state index is 0.528. The van der Waals surface area contributed by atoms with Gasteiger partial charge in [0.2, 0.25) is 0 Å². The van der Waals surface area contributed by atoms with E-state index in [0.717, 1.165) is 16.6 Å². The van der Waals surface area contributed by atoms with Gasteiger partial charge in [-0.1, -0.05) is 55.0 Å². The standard InChI is InChI=1S/C17H28BrNO/c1-4-5-6-7-8-9-16(19-2)13-14-12-15(18)10-11-17(14)20-3/h10-12,16,19H,4-9,13H2,1-3H3. The molecule has 0 saturated heterocycles. The Labute approximate surface area is 132 Å². The zero-order chi connectivity index (χ0) is 14.8. The highest BCUT2D eigenvalue weighted by molar-refractivity contribution is 9.10. The van der Waals surface area contributed by atoms with Gasteiger partial charge in [-0.3, -0.25) is 0 Å². The van der Waals surface area contributed by atoms with Crippen molar-refractivity contribution in [1.29, 1.82) is 0 Å². The number of ether oxygens (including phenoxy) is 1. The van der Waals surface area contributed by atoms with Gasteiger partial charge in [-0.05, 0) is 43.7 Å². The number of rotatable bonds is 10. The molecule has 0 amide bonds. The van der Waals surface area contributed by atoms with Gasteiger partial charge >= 0.3 is 0 Å². The lowest BCUT2D eigenvalue weighted by atomic mass is 9.99. The molecule has 1 unspecified atom stereocenters. The number of nitrogens with one attached hydrogen (secondary N) is 1. The van der Waals surface area contributed by atoms with E-state index in [9.17, 15) is 0 Å². The average molecular weight is 342 g/mol. The molecular weight excluding hydrogens is 314 g/mol. The van der Waals surface area contributed by atoms with Crippen LogP contribution in [0, 0.1) is 0 Å². The van der Waals surface area contributed by atoms with Crippen LogP contribution in [-0.2, 0) is 6.42 Å². The number of methoxy groups -OCH3 is 1. The van der Waals surface area contributed by atoms with Crippen molar-refractivity contribution in [3.8, 4) is 5.75 Å². The van der Waals surface area contributed by atoms with Gasteiger partial charge in [0.1, 0.15) is 5.75 Å². The number of benzene rings is 1. The van der Waals surface area contributed by atoms with Gasteiger partial charge in [0, 0.05) is 10.5 Å². The minimum absolute atomic E-state index is 0.528. The van der Waals surface area contributed by atoms with Crippen LogP contribution in [0.1, 0.15) is 51.0 Å². The van der Waals surface area contributed by atoms with Gasteiger partial charge in [0.15, 0.2) is 0 Å². The Bertz CT molecular complexity index is 381. The van der Waals surface area contributed by atoms with Gasteiger partial charge in [0.05, 0.1) is 7.11 Å². The van der Waals surface area contributed by atoms with Crippen LogP contribution < -0.4 is 10.1 Å².